The molecule has 1 aromatic carbocycles. The molecule has 7 nitrogen and oxygen atoms in total. The molecule has 3 rings (SSSR count). The van der Waals surface area contributed by atoms with Gasteiger partial charge in [-0.15, -0.1) is 12.4 Å². The Morgan fingerprint density at radius 2 is 2.22 bits per heavy atom. The van der Waals surface area contributed by atoms with Gasteiger partial charge in [0.2, 0.25) is 5.91 Å². The zero-order chi connectivity index (χ0) is 15.7. The molecule has 0 aromatic heterocycles. The average molecular weight is 342 g/mol. The van der Waals surface area contributed by atoms with Crippen molar-refractivity contribution in [2.45, 2.75) is 13.0 Å². The molecule has 1 N–H and O–H groups in total. The number of amides is 2. The highest BCUT2D eigenvalue weighted by atomic mass is 35.5. The number of anilines is 2. The third kappa shape index (κ3) is 3.61. The summed E-state index contributed by atoms with van der Waals surface area (Å²) < 4.78 is 10.9. The SMILES string of the molecule is CC(=O)NC[C@H]1CN(c2ccc3c(c2)OCCN3C)C(=O)O1.Cl. The standard InChI is InChI=1S/C15H19N3O4.ClH/c1-10(19)16-8-12-9-18(15(20)22-12)11-3-4-13-14(7-11)21-6-5-17(13)2;/h3-4,7,12H,5-6,8-9H2,1-2H3,(H,16,19);1H/t12-;/m0./s1. The van der Waals surface area contributed by atoms with Gasteiger partial charge < -0.3 is 19.7 Å². The molecule has 8 heteroatoms. The Balaban J connectivity index is 0.00000192. The average Bonchev–Trinajstić information content (AvgIpc) is 2.86. The Morgan fingerprint density at radius 1 is 1.43 bits per heavy atom. The first-order chi connectivity index (χ1) is 10.5. The number of nitrogens with zero attached hydrogens (tertiary/aromatic N) is 2. The number of hydrogen-bond acceptors (Lipinski definition) is 5. The van der Waals surface area contributed by atoms with E-state index in [1.165, 1.54) is 6.92 Å². The maximum Gasteiger partial charge on any atom is 0.414 e. The molecule has 0 saturated carbocycles. The molecule has 23 heavy (non-hydrogen) atoms. The number of rotatable bonds is 3. The summed E-state index contributed by atoms with van der Waals surface area (Å²) in [5.41, 5.74) is 1.75. The fourth-order valence-corrected chi connectivity index (χ4v) is 2.61. The summed E-state index contributed by atoms with van der Waals surface area (Å²) in [7, 11) is 2.01. The molecule has 1 saturated heterocycles. The van der Waals surface area contributed by atoms with E-state index in [1.807, 2.05) is 25.2 Å². The van der Waals surface area contributed by atoms with E-state index in [9.17, 15) is 9.59 Å². The number of likely N-dealkylation sites (N-methyl/N-ethyl adjacent to an activating group) is 1. The van der Waals surface area contributed by atoms with Gasteiger partial charge in [-0.3, -0.25) is 9.69 Å². The van der Waals surface area contributed by atoms with E-state index in [-0.39, 0.29) is 24.4 Å². The van der Waals surface area contributed by atoms with Crippen LogP contribution in [0.2, 0.25) is 0 Å². The first-order valence-electron chi connectivity index (χ1n) is 7.25. The molecule has 2 aliphatic rings. The Morgan fingerprint density at radius 3 is 2.96 bits per heavy atom. The van der Waals surface area contributed by atoms with E-state index >= 15 is 0 Å². The maximum absolute atomic E-state index is 12.0. The summed E-state index contributed by atoms with van der Waals surface area (Å²) >= 11 is 0. The molecule has 0 spiro atoms. The summed E-state index contributed by atoms with van der Waals surface area (Å²) in [5.74, 6) is 0.629. The minimum Gasteiger partial charge on any atom is -0.489 e. The molecule has 2 aliphatic heterocycles. The van der Waals surface area contributed by atoms with E-state index in [1.54, 1.807) is 4.90 Å². The minimum absolute atomic E-state index is 0. The van der Waals surface area contributed by atoms with Crippen LogP contribution in [-0.2, 0) is 9.53 Å². The first kappa shape index (κ1) is 17.2. The molecule has 1 aromatic rings. The second kappa shape index (κ2) is 6.95. The first-order valence-corrected chi connectivity index (χ1v) is 7.25. The van der Waals surface area contributed by atoms with Gasteiger partial charge in [0.15, 0.2) is 0 Å². The molecular formula is C15H20ClN3O4. The van der Waals surface area contributed by atoms with Gasteiger partial charge in [-0.05, 0) is 12.1 Å². The fourth-order valence-electron chi connectivity index (χ4n) is 2.61. The van der Waals surface area contributed by atoms with Crippen molar-refractivity contribution < 1.29 is 19.1 Å². The van der Waals surface area contributed by atoms with Crippen LogP contribution in [0.15, 0.2) is 18.2 Å². The molecule has 0 radical (unpaired) electrons. The minimum atomic E-state index is -0.403. The van der Waals surface area contributed by atoms with Gasteiger partial charge in [-0.1, -0.05) is 0 Å². The predicted octanol–water partition coefficient (Wildman–Crippen LogP) is 1.40. The van der Waals surface area contributed by atoms with Crippen molar-refractivity contribution in [1.82, 2.24) is 5.32 Å². The summed E-state index contributed by atoms with van der Waals surface area (Å²) in [4.78, 5) is 26.6. The van der Waals surface area contributed by atoms with Gasteiger partial charge >= 0.3 is 6.09 Å². The summed E-state index contributed by atoms with van der Waals surface area (Å²) in [6.45, 7) is 3.64. The molecule has 0 bridgehead atoms. The van der Waals surface area contributed by atoms with Gasteiger partial charge in [-0.25, -0.2) is 4.79 Å². The van der Waals surface area contributed by atoms with Crippen molar-refractivity contribution in [3.63, 3.8) is 0 Å². The number of benzene rings is 1. The van der Waals surface area contributed by atoms with Crippen molar-refractivity contribution in [3.8, 4) is 5.75 Å². The quantitative estimate of drug-likeness (QED) is 0.899. The van der Waals surface area contributed by atoms with Crippen molar-refractivity contribution in [1.29, 1.82) is 0 Å². The van der Waals surface area contributed by atoms with Crippen molar-refractivity contribution in [3.05, 3.63) is 18.2 Å². The highest BCUT2D eigenvalue weighted by Crippen LogP contribution is 2.35. The highest BCUT2D eigenvalue weighted by Gasteiger charge is 2.33. The lowest BCUT2D eigenvalue weighted by atomic mass is 10.2. The number of nitrogens with one attached hydrogen (secondary N) is 1. The van der Waals surface area contributed by atoms with Crippen LogP contribution in [0.4, 0.5) is 16.2 Å². The lowest BCUT2D eigenvalue weighted by Crippen LogP contribution is -2.33. The monoisotopic (exact) mass is 341 g/mol. The second-order valence-electron chi connectivity index (χ2n) is 5.48. The van der Waals surface area contributed by atoms with E-state index in [2.05, 4.69) is 10.2 Å². The topological polar surface area (TPSA) is 71.1 Å². The third-order valence-corrected chi connectivity index (χ3v) is 3.80. The molecule has 1 atom stereocenters. The molecule has 0 unspecified atom stereocenters. The maximum atomic E-state index is 12.0. The smallest absolute Gasteiger partial charge is 0.414 e. The number of carbonyl (C=O) groups excluding carboxylic acids is 2. The number of fused-ring (bicyclic) bond motifs is 1. The van der Waals surface area contributed by atoms with Gasteiger partial charge in [0.25, 0.3) is 0 Å². The molecule has 2 amide bonds. The number of hydrogen-bond donors (Lipinski definition) is 1. The molecule has 126 valence electrons. The zero-order valence-electron chi connectivity index (χ0n) is 13.1. The van der Waals surface area contributed by atoms with Crippen LogP contribution in [-0.4, -0.2) is 51.4 Å². The van der Waals surface area contributed by atoms with Crippen molar-refractivity contribution >= 4 is 35.8 Å². The second-order valence-corrected chi connectivity index (χ2v) is 5.48. The van der Waals surface area contributed by atoms with Crippen LogP contribution >= 0.6 is 12.4 Å². The Kier molecular flexibility index (Phi) is 5.20. The van der Waals surface area contributed by atoms with E-state index in [0.717, 1.165) is 23.7 Å². The summed E-state index contributed by atoms with van der Waals surface area (Å²) in [5, 5.41) is 2.66. The lowest BCUT2D eigenvalue weighted by Gasteiger charge is -2.28. The van der Waals surface area contributed by atoms with Gasteiger partial charge in [0.05, 0.1) is 31.0 Å². The highest BCUT2D eigenvalue weighted by molar-refractivity contribution is 5.90. The van der Waals surface area contributed by atoms with Crippen LogP contribution in [0.5, 0.6) is 5.75 Å². The van der Waals surface area contributed by atoms with Crippen LogP contribution in [0.1, 0.15) is 6.92 Å². The summed E-state index contributed by atoms with van der Waals surface area (Å²) in [6, 6.07) is 5.68. The molecular weight excluding hydrogens is 322 g/mol. The van der Waals surface area contributed by atoms with Crippen LogP contribution < -0.4 is 19.9 Å². The van der Waals surface area contributed by atoms with Gasteiger partial charge in [-0.2, -0.15) is 0 Å². The zero-order valence-corrected chi connectivity index (χ0v) is 13.9. The number of carbonyl (C=O) groups is 2. The van der Waals surface area contributed by atoms with Crippen molar-refractivity contribution in [2.75, 3.05) is 43.1 Å². The van der Waals surface area contributed by atoms with E-state index < -0.39 is 6.09 Å². The third-order valence-electron chi connectivity index (χ3n) is 3.80. The predicted molar refractivity (Wildman–Crippen MR) is 88.8 cm³/mol. The van der Waals surface area contributed by atoms with E-state index in [0.29, 0.717) is 19.7 Å². The van der Waals surface area contributed by atoms with Crippen LogP contribution in [0.25, 0.3) is 0 Å². The Hall–Kier alpha value is -2.15. The number of ether oxygens (including phenoxy) is 2. The number of halogens is 1. The Labute approximate surface area is 140 Å². The summed E-state index contributed by atoms with van der Waals surface area (Å²) in [6.07, 6.45) is -0.740. The van der Waals surface area contributed by atoms with Gasteiger partial charge in [0.1, 0.15) is 18.5 Å². The number of cyclic esters (lactones) is 1. The van der Waals surface area contributed by atoms with Crippen LogP contribution in [0.3, 0.4) is 0 Å². The lowest BCUT2D eigenvalue weighted by molar-refractivity contribution is -0.119. The van der Waals surface area contributed by atoms with Crippen molar-refractivity contribution in [2.24, 2.45) is 0 Å². The molecule has 1 fully saturated rings. The van der Waals surface area contributed by atoms with E-state index in [4.69, 9.17) is 9.47 Å². The Bertz CT molecular complexity index is 610. The molecule has 0 aliphatic carbocycles. The normalized spacial score (nSPS) is 19.4. The molecule has 2 heterocycles. The van der Waals surface area contributed by atoms with Gasteiger partial charge in [0, 0.05) is 20.0 Å². The fraction of sp³-hybridized carbons (Fsp3) is 0.467. The van der Waals surface area contributed by atoms with Crippen LogP contribution in [0, 0.1) is 0 Å². The largest absolute Gasteiger partial charge is 0.489 e.